The Morgan fingerprint density at radius 1 is 0.882 bits per heavy atom. The fraction of sp³-hybridized carbons (Fsp3) is 0. The van der Waals surface area contributed by atoms with Gasteiger partial charge >= 0.3 is 17.9 Å². The van der Waals surface area contributed by atoms with Crippen molar-refractivity contribution in [2.75, 3.05) is 0 Å². The van der Waals surface area contributed by atoms with E-state index < -0.39 is 40.3 Å². The predicted molar refractivity (Wildman–Crippen MR) is 52.8 cm³/mol. The van der Waals surface area contributed by atoms with Gasteiger partial charge in [0.15, 0.2) is 0 Å². The van der Waals surface area contributed by atoms with E-state index in [0.717, 1.165) is 0 Å². The Morgan fingerprint density at radius 3 is 1.53 bits per heavy atom. The van der Waals surface area contributed by atoms with Crippen LogP contribution < -0.4 is 0 Å². The zero-order chi connectivity index (χ0) is 13.2. The van der Waals surface area contributed by atoms with E-state index in [9.17, 15) is 19.3 Å². The molecule has 88 valence electrons. The molecule has 0 aliphatic rings. The molecule has 0 bridgehead atoms. The normalized spacial score (nSPS) is 9.65. The Balaban J connectivity index is 3.73. The van der Waals surface area contributed by atoms with Gasteiger partial charge in [0.05, 0.1) is 16.7 Å². The average molecular weight is 239 g/mol. The molecule has 1 rings (SSSR count). The first-order valence-corrected chi connectivity index (χ1v) is 4.09. The summed E-state index contributed by atoms with van der Waals surface area (Å²) in [7, 11) is 0. The van der Waals surface area contributed by atoms with Gasteiger partial charge in [0.25, 0.3) is 0 Å². The standard InChI is InChI=1S/C9H5NO7/c11-7(12)4-1-3(10-17)2-5(8(13)14)6(4)9(15)16/h1-2H,(H,11,12)(H,13,14)(H,15,16). The van der Waals surface area contributed by atoms with Crippen LogP contribution in [0.15, 0.2) is 17.3 Å². The van der Waals surface area contributed by atoms with E-state index >= 15 is 0 Å². The summed E-state index contributed by atoms with van der Waals surface area (Å²) in [6.07, 6.45) is 0. The number of carboxylic acids is 3. The van der Waals surface area contributed by atoms with Crippen LogP contribution in [-0.2, 0) is 0 Å². The van der Waals surface area contributed by atoms with Crippen LogP contribution >= 0.6 is 0 Å². The number of aromatic carboxylic acids is 3. The molecule has 3 N–H and O–H groups in total. The van der Waals surface area contributed by atoms with Crippen molar-refractivity contribution in [3.63, 3.8) is 0 Å². The first-order chi connectivity index (χ1) is 7.88. The molecule has 0 spiro atoms. The van der Waals surface area contributed by atoms with Crippen LogP contribution in [-0.4, -0.2) is 33.2 Å². The third-order valence-electron chi connectivity index (χ3n) is 1.90. The predicted octanol–water partition coefficient (Wildman–Crippen LogP) is 1.18. The van der Waals surface area contributed by atoms with Gasteiger partial charge in [0, 0.05) is 0 Å². The number of carbonyl (C=O) groups is 3. The van der Waals surface area contributed by atoms with Crippen molar-refractivity contribution in [1.29, 1.82) is 0 Å². The van der Waals surface area contributed by atoms with Gasteiger partial charge in [-0.2, -0.15) is 0 Å². The molecule has 1 aromatic carbocycles. The van der Waals surface area contributed by atoms with Crippen LogP contribution in [0, 0.1) is 4.91 Å². The molecule has 0 heterocycles. The quantitative estimate of drug-likeness (QED) is 0.669. The van der Waals surface area contributed by atoms with Gasteiger partial charge in [0.2, 0.25) is 0 Å². The van der Waals surface area contributed by atoms with Crippen LogP contribution in [0.2, 0.25) is 0 Å². The molecule has 0 aliphatic carbocycles. The molecule has 8 nitrogen and oxygen atoms in total. The molecule has 0 saturated heterocycles. The Labute approximate surface area is 93.1 Å². The topological polar surface area (TPSA) is 141 Å². The van der Waals surface area contributed by atoms with Crippen LogP contribution in [0.25, 0.3) is 0 Å². The molecule has 0 aliphatic heterocycles. The summed E-state index contributed by atoms with van der Waals surface area (Å²) < 4.78 is 0. The van der Waals surface area contributed by atoms with Gasteiger partial charge in [0.1, 0.15) is 5.69 Å². The fourth-order valence-electron chi connectivity index (χ4n) is 1.25. The summed E-state index contributed by atoms with van der Waals surface area (Å²) in [4.78, 5) is 42.6. The lowest BCUT2D eigenvalue weighted by Crippen LogP contribution is -2.14. The van der Waals surface area contributed by atoms with Crippen molar-refractivity contribution in [2.45, 2.75) is 0 Å². The minimum absolute atomic E-state index is 0.468. The highest BCUT2D eigenvalue weighted by atomic mass is 16.4. The molecule has 8 heteroatoms. The molecule has 0 atom stereocenters. The molecule has 1 aromatic rings. The third-order valence-corrected chi connectivity index (χ3v) is 1.90. The van der Waals surface area contributed by atoms with E-state index in [4.69, 9.17) is 15.3 Å². The smallest absolute Gasteiger partial charge is 0.337 e. The molecule has 0 fully saturated rings. The SMILES string of the molecule is O=Nc1cc(C(=O)O)c(C(=O)O)c(C(=O)O)c1. The maximum atomic E-state index is 10.8. The maximum absolute atomic E-state index is 10.8. The third kappa shape index (κ3) is 2.25. The van der Waals surface area contributed by atoms with Crippen molar-refractivity contribution >= 4 is 23.6 Å². The minimum atomic E-state index is -1.71. The fourth-order valence-corrected chi connectivity index (χ4v) is 1.25. The molecule has 0 radical (unpaired) electrons. The second kappa shape index (κ2) is 4.39. The van der Waals surface area contributed by atoms with Gasteiger partial charge in [-0.25, -0.2) is 14.4 Å². The zero-order valence-electron chi connectivity index (χ0n) is 8.08. The molecular weight excluding hydrogens is 234 g/mol. The summed E-state index contributed by atoms with van der Waals surface area (Å²) in [5, 5.41) is 28.6. The number of rotatable bonds is 4. The molecule has 0 unspecified atom stereocenters. The lowest BCUT2D eigenvalue weighted by atomic mass is 10.00. The number of carboxylic acid groups (broad SMARTS) is 3. The number of benzene rings is 1. The van der Waals surface area contributed by atoms with Gasteiger partial charge < -0.3 is 15.3 Å². The number of nitroso groups, excluding NO2 is 1. The summed E-state index contributed by atoms with van der Waals surface area (Å²) in [5.74, 6) is -5.02. The molecular formula is C9H5NO7. The van der Waals surface area contributed by atoms with Crippen LogP contribution in [0.3, 0.4) is 0 Å². The van der Waals surface area contributed by atoms with Gasteiger partial charge in [-0.1, -0.05) is 0 Å². The molecule has 0 amide bonds. The van der Waals surface area contributed by atoms with Gasteiger partial charge in [-0.05, 0) is 17.3 Å². The summed E-state index contributed by atoms with van der Waals surface area (Å²) >= 11 is 0. The highest BCUT2D eigenvalue weighted by Gasteiger charge is 2.25. The van der Waals surface area contributed by atoms with Crippen LogP contribution in [0.1, 0.15) is 31.1 Å². The highest BCUT2D eigenvalue weighted by Crippen LogP contribution is 2.23. The summed E-state index contributed by atoms with van der Waals surface area (Å²) in [6.45, 7) is 0. The number of hydrogen-bond donors (Lipinski definition) is 3. The average Bonchev–Trinajstić information content (AvgIpc) is 2.26. The summed E-state index contributed by atoms with van der Waals surface area (Å²) in [5.41, 5.74) is -2.96. The van der Waals surface area contributed by atoms with E-state index in [2.05, 4.69) is 5.18 Å². The van der Waals surface area contributed by atoms with E-state index in [1.807, 2.05) is 0 Å². The van der Waals surface area contributed by atoms with Crippen LogP contribution in [0.4, 0.5) is 5.69 Å². The van der Waals surface area contributed by atoms with Crippen molar-refractivity contribution in [3.8, 4) is 0 Å². The van der Waals surface area contributed by atoms with E-state index in [1.165, 1.54) is 0 Å². The second-order valence-corrected chi connectivity index (χ2v) is 2.92. The highest BCUT2D eigenvalue weighted by molar-refractivity contribution is 6.09. The monoisotopic (exact) mass is 239 g/mol. The van der Waals surface area contributed by atoms with Crippen molar-refractivity contribution < 1.29 is 29.7 Å². The minimum Gasteiger partial charge on any atom is -0.478 e. The van der Waals surface area contributed by atoms with Crippen molar-refractivity contribution in [1.82, 2.24) is 0 Å². The maximum Gasteiger partial charge on any atom is 0.337 e. The lowest BCUT2D eigenvalue weighted by Gasteiger charge is -2.06. The first kappa shape index (κ1) is 12.3. The molecule has 0 aromatic heterocycles. The Morgan fingerprint density at radius 2 is 1.29 bits per heavy atom. The first-order valence-electron chi connectivity index (χ1n) is 4.09. The number of nitrogens with zero attached hydrogens (tertiary/aromatic N) is 1. The molecule has 0 saturated carbocycles. The largest absolute Gasteiger partial charge is 0.478 e. The Kier molecular flexibility index (Phi) is 3.18. The Hall–Kier alpha value is -2.77. The van der Waals surface area contributed by atoms with Crippen LogP contribution in [0.5, 0.6) is 0 Å². The zero-order valence-corrected chi connectivity index (χ0v) is 8.08. The molecule has 17 heavy (non-hydrogen) atoms. The van der Waals surface area contributed by atoms with Crippen molar-refractivity contribution in [3.05, 3.63) is 33.7 Å². The van der Waals surface area contributed by atoms with E-state index in [1.54, 1.807) is 0 Å². The lowest BCUT2D eigenvalue weighted by molar-refractivity contribution is 0.0633. The van der Waals surface area contributed by atoms with Crippen molar-refractivity contribution in [2.24, 2.45) is 5.18 Å². The van der Waals surface area contributed by atoms with E-state index in [-0.39, 0.29) is 0 Å². The van der Waals surface area contributed by atoms with E-state index in [0.29, 0.717) is 12.1 Å². The summed E-state index contributed by atoms with van der Waals surface area (Å²) in [6, 6.07) is 1.40. The second-order valence-electron chi connectivity index (χ2n) is 2.92. The van der Waals surface area contributed by atoms with Gasteiger partial charge in [-0.3, -0.25) is 0 Å². The number of hydrogen-bond acceptors (Lipinski definition) is 5. The van der Waals surface area contributed by atoms with Gasteiger partial charge in [-0.15, -0.1) is 4.91 Å². The Bertz CT molecular complexity index is 499.